The SMILES string of the molecule is CSC1=[N+](C(C)(C)C)CC(=O)N1.[I-]. The predicted octanol–water partition coefficient (Wildman–Crippen LogP) is -2.35. The summed E-state index contributed by atoms with van der Waals surface area (Å²) in [4.78, 5) is 11.1. The molecule has 1 heterocycles. The molecule has 13 heavy (non-hydrogen) atoms. The number of amides is 1. The summed E-state index contributed by atoms with van der Waals surface area (Å²) in [5, 5.41) is 3.79. The second-order valence-electron chi connectivity index (χ2n) is 3.81. The van der Waals surface area contributed by atoms with Gasteiger partial charge in [-0.05, 0) is 38.8 Å². The molecule has 1 amide bonds. The Bertz CT molecular complexity index is 245. The van der Waals surface area contributed by atoms with E-state index < -0.39 is 0 Å². The highest BCUT2D eigenvalue weighted by Gasteiger charge is 2.35. The number of hydrogen-bond acceptors (Lipinski definition) is 2. The van der Waals surface area contributed by atoms with Crippen molar-refractivity contribution in [2.24, 2.45) is 0 Å². The fourth-order valence-corrected chi connectivity index (χ4v) is 1.92. The fourth-order valence-electron chi connectivity index (χ4n) is 1.14. The minimum absolute atomic E-state index is 0. The number of carbonyl (C=O) groups is 1. The molecule has 0 saturated heterocycles. The van der Waals surface area contributed by atoms with Crippen molar-refractivity contribution in [2.45, 2.75) is 26.3 Å². The molecular weight excluding hydrogens is 299 g/mol. The van der Waals surface area contributed by atoms with Gasteiger partial charge in [0.05, 0.1) is 5.54 Å². The molecule has 0 saturated carbocycles. The van der Waals surface area contributed by atoms with Crippen LogP contribution >= 0.6 is 11.8 Å². The zero-order chi connectivity index (χ0) is 9.35. The Balaban J connectivity index is 0.00000144. The first-order chi connectivity index (χ1) is 5.45. The van der Waals surface area contributed by atoms with E-state index in [9.17, 15) is 4.79 Å². The Morgan fingerprint density at radius 2 is 2.00 bits per heavy atom. The number of halogens is 1. The van der Waals surface area contributed by atoms with E-state index in [2.05, 4.69) is 30.7 Å². The van der Waals surface area contributed by atoms with E-state index in [0.29, 0.717) is 6.54 Å². The number of rotatable bonds is 0. The molecule has 0 aromatic heterocycles. The Kier molecular flexibility index (Phi) is 4.71. The molecule has 0 aromatic rings. The van der Waals surface area contributed by atoms with E-state index in [1.54, 1.807) is 11.8 Å². The summed E-state index contributed by atoms with van der Waals surface area (Å²) in [7, 11) is 0. The molecule has 1 aliphatic heterocycles. The second kappa shape index (κ2) is 4.63. The van der Waals surface area contributed by atoms with Gasteiger partial charge in [-0.2, -0.15) is 0 Å². The lowest BCUT2D eigenvalue weighted by Crippen LogP contribution is -3.00. The third-order valence-electron chi connectivity index (χ3n) is 1.80. The molecule has 5 heteroatoms. The smallest absolute Gasteiger partial charge is 0.349 e. The van der Waals surface area contributed by atoms with Crippen molar-refractivity contribution < 1.29 is 33.3 Å². The van der Waals surface area contributed by atoms with Gasteiger partial charge in [-0.15, -0.1) is 0 Å². The Labute approximate surface area is 100 Å². The second-order valence-corrected chi connectivity index (χ2v) is 4.61. The van der Waals surface area contributed by atoms with E-state index >= 15 is 0 Å². The third kappa shape index (κ3) is 3.12. The molecular formula is C8H15IN2OS. The first-order valence-corrected chi connectivity index (χ1v) is 5.16. The molecule has 0 aromatic carbocycles. The van der Waals surface area contributed by atoms with Crippen molar-refractivity contribution in [3.05, 3.63) is 0 Å². The van der Waals surface area contributed by atoms with Crippen LogP contribution in [0.15, 0.2) is 0 Å². The fraction of sp³-hybridized carbons (Fsp3) is 0.750. The third-order valence-corrected chi connectivity index (χ3v) is 2.51. The summed E-state index contributed by atoms with van der Waals surface area (Å²) in [6.07, 6.45) is 1.97. The lowest BCUT2D eigenvalue weighted by Gasteiger charge is -2.18. The van der Waals surface area contributed by atoms with Crippen molar-refractivity contribution in [1.82, 2.24) is 5.32 Å². The number of carbonyl (C=O) groups excluding carboxylic acids is 1. The van der Waals surface area contributed by atoms with E-state index in [0.717, 1.165) is 5.17 Å². The maximum Gasteiger partial charge on any atom is 0.349 e. The lowest BCUT2D eigenvalue weighted by atomic mass is 10.1. The molecule has 3 nitrogen and oxygen atoms in total. The van der Waals surface area contributed by atoms with E-state index in [1.807, 2.05) is 6.26 Å². The number of nitrogens with zero attached hydrogens (tertiary/aromatic N) is 1. The largest absolute Gasteiger partial charge is 1.00 e. The monoisotopic (exact) mass is 314 g/mol. The molecule has 76 valence electrons. The van der Waals surface area contributed by atoms with Crippen molar-refractivity contribution in [2.75, 3.05) is 12.8 Å². The van der Waals surface area contributed by atoms with Gasteiger partial charge < -0.3 is 24.0 Å². The van der Waals surface area contributed by atoms with Gasteiger partial charge in [0.1, 0.15) is 0 Å². The molecule has 0 bridgehead atoms. The first-order valence-electron chi connectivity index (χ1n) is 3.93. The number of hydrogen-bond donors (Lipinski definition) is 1. The quantitative estimate of drug-likeness (QED) is 0.401. The van der Waals surface area contributed by atoms with Crippen LogP contribution in [0.2, 0.25) is 0 Å². The van der Waals surface area contributed by atoms with Crippen LogP contribution in [0.5, 0.6) is 0 Å². The van der Waals surface area contributed by atoms with Gasteiger partial charge in [0.25, 0.3) is 0 Å². The van der Waals surface area contributed by atoms with Crippen LogP contribution in [-0.2, 0) is 4.79 Å². The summed E-state index contributed by atoms with van der Waals surface area (Å²) in [6, 6.07) is 0. The zero-order valence-electron chi connectivity index (χ0n) is 8.35. The molecule has 1 aliphatic rings. The van der Waals surface area contributed by atoms with E-state index in [-0.39, 0.29) is 35.4 Å². The molecule has 0 radical (unpaired) electrons. The normalized spacial score (nSPS) is 17.1. The Morgan fingerprint density at radius 1 is 1.46 bits per heavy atom. The van der Waals surface area contributed by atoms with Crippen molar-refractivity contribution in [3.63, 3.8) is 0 Å². The zero-order valence-corrected chi connectivity index (χ0v) is 11.3. The summed E-state index contributed by atoms with van der Waals surface area (Å²) < 4.78 is 2.08. The summed E-state index contributed by atoms with van der Waals surface area (Å²) in [6.45, 7) is 6.79. The Hall–Kier alpha value is 0.220. The predicted molar refractivity (Wildman–Crippen MR) is 51.5 cm³/mol. The van der Waals surface area contributed by atoms with Crippen molar-refractivity contribution in [3.8, 4) is 0 Å². The number of nitrogens with one attached hydrogen (secondary N) is 1. The van der Waals surface area contributed by atoms with Crippen LogP contribution in [0.4, 0.5) is 0 Å². The van der Waals surface area contributed by atoms with Crippen LogP contribution < -0.4 is 29.3 Å². The molecule has 1 N–H and O–H groups in total. The maximum atomic E-state index is 11.1. The van der Waals surface area contributed by atoms with Gasteiger partial charge >= 0.3 is 11.1 Å². The number of thioether (sulfide) groups is 1. The molecule has 0 unspecified atom stereocenters. The van der Waals surface area contributed by atoms with Crippen molar-refractivity contribution >= 4 is 22.8 Å². The standard InChI is InChI=1S/C8H14N2OS.HI/c1-8(2,3)10-5-6(11)9-7(10)12-4;/h5H2,1-4H3;1H. The minimum atomic E-state index is 0. The van der Waals surface area contributed by atoms with Crippen LogP contribution in [0, 0.1) is 0 Å². The molecule has 1 rings (SSSR count). The summed E-state index contributed by atoms with van der Waals surface area (Å²) in [5.41, 5.74) is 0.0253. The molecule has 0 atom stereocenters. The highest BCUT2D eigenvalue weighted by atomic mass is 127. The van der Waals surface area contributed by atoms with Gasteiger partial charge in [-0.1, -0.05) is 0 Å². The highest BCUT2D eigenvalue weighted by molar-refractivity contribution is 8.13. The first kappa shape index (κ1) is 13.2. The topological polar surface area (TPSA) is 32.1 Å². The van der Waals surface area contributed by atoms with Crippen LogP contribution in [0.1, 0.15) is 20.8 Å². The van der Waals surface area contributed by atoms with Gasteiger partial charge in [-0.3, -0.25) is 0 Å². The highest BCUT2D eigenvalue weighted by Crippen LogP contribution is 2.13. The maximum absolute atomic E-state index is 11.1. The average Bonchev–Trinajstić information content (AvgIpc) is 2.29. The van der Waals surface area contributed by atoms with Crippen LogP contribution in [-0.4, -0.2) is 34.0 Å². The van der Waals surface area contributed by atoms with Crippen molar-refractivity contribution in [1.29, 1.82) is 0 Å². The number of amidine groups is 1. The molecule has 0 aliphatic carbocycles. The lowest BCUT2D eigenvalue weighted by molar-refractivity contribution is -0.580. The van der Waals surface area contributed by atoms with E-state index in [4.69, 9.17) is 0 Å². The van der Waals surface area contributed by atoms with Gasteiger partial charge in [0.2, 0.25) is 0 Å². The summed E-state index contributed by atoms with van der Waals surface area (Å²) >= 11 is 1.58. The molecule has 0 fully saturated rings. The average molecular weight is 314 g/mol. The van der Waals surface area contributed by atoms with E-state index in [1.165, 1.54) is 0 Å². The van der Waals surface area contributed by atoms with Gasteiger partial charge in [0.15, 0.2) is 6.54 Å². The van der Waals surface area contributed by atoms with Gasteiger partial charge in [0, 0.05) is 0 Å². The minimum Gasteiger partial charge on any atom is -1.00 e. The van der Waals surface area contributed by atoms with Crippen LogP contribution in [0.3, 0.4) is 0 Å². The van der Waals surface area contributed by atoms with Crippen LogP contribution in [0.25, 0.3) is 0 Å². The van der Waals surface area contributed by atoms with Gasteiger partial charge in [-0.25, -0.2) is 14.7 Å². The summed E-state index contributed by atoms with van der Waals surface area (Å²) in [5.74, 6) is 0.0919. The Morgan fingerprint density at radius 3 is 2.31 bits per heavy atom. The molecule has 0 spiro atoms.